The zero-order valence-corrected chi connectivity index (χ0v) is 18.0. The van der Waals surface area contributed by atoms with Gasteiger partial charge in [-0.3, -0.25) is 9.48 Å². The number of hydrogen-bond acceptors (Lipinski definition) is 5. The van der Waals surface area contributed by atoms with Crippen LogP contribution in [-0.2, 0) is 7.05 Å². The average molecular weight is 455 g/mol. The fourth-order valence-corrected chi connectivity index (χ4v) is 3.31. The summed E-state index contributed by atoms with van der Waals surface area (Å²) in [4.78, 5) is 12.7. The molecular weight excluding hydrogens is 435 g/mol. The number of carbonyl (C=O) groups excluding carboxylic acids is 1. The molecule has 1 amide bonds. The first-order valence-corrected chi connectivity index (χ1v) is 10.0. The Hall–Kier alpha value is -3.95. The predicted octanol–water partition coefficient (Wildman–Crippen LogP) is 4.92. The van der Waals surface area contributed by atoms with Crippen LogP contribution in [0, 0.1) is 6.92 Å². The van der Waals surface area contributed by atoms with Crippen molar-refractivity contribution in [2.45, 2.75) is 26.1 Å². The largest absolute Gasteiger partial charge is 0.463 e. The molecule has 0 aliphatic rings. The van der Waals surface area contributed by atoms with Crippen molar-refractivity contribution in [3.05, 3.63) is 66.0 Å². The topological polar surface area (TPSA) is 81.9 Å². The molecule has 4 rings (SSSR count). The first-order chi connectivity index (χ1) is 15.6. The number of hydrogen-bond donors (Lipinski definition) is 1. The zero-order chi connectivity index (χ0) is 23.8. The Morgan fingerprint density at radius 2 is 1.94 bits per heavy atom. The van der Waals surface area contributed by atoms with Gasteiger partial charge < -0.3 is 10.1 Å². The van der Waals surface area contributed by atoms with Crippen LogP contribution >= 0.6 is 0 Å². The maximum atomic E-state index is 12.9. The first kappa shape index (κ1) is 22.3. The molecule has 0 bridgehead atoms. The number of carbonyl (C=O) groups is 1. The van der Waals surface area contributed by atoms with Crippen molar-refractivity contribution in [2.24, 2.45) is 7.05 Å². The molecule has 0 spiro atoms. The van der Waals surface area contributed by atoms with Gasteiger partial charge in [-0.15, -0.1) is 5.10 Å². The van der Waals surface area contributed by atoms with Gasteiger partial charge in [-0.05, 0) is 54.8 Å². The molecule has 0 aliphatic heterocycles. The van der Waals surface area contributed by atoms with Crippen LogP contribution in [0.4, 0.5) is 19.0 Å². The third-order valence-electron chi connectivity index (χ3n) is 5.25. The van der Waals surface area contributed by atoms with Crippen LogP contribution in [0.25, 0.3) is 21.9 Å². The van der Waals surface area contributed by atoms with Crippen molar-refractivity contribution in [3.63, 3.8) is 0 Å². The molecule has 1 N–H and O–H groups in total. The van der Waals surface area contributed by atoms with Gasteiger partial charge in [0.2, 0.25) is 5.88 Å². The molecule has 0 aliphatic carbocycles. The van der Waals surface area contributed by atoms with Gasteiger partial charge in [0.25, 0.3) is 5.91 Å². The van der Waals surface area contributed by atoms with Crippen molar-refractivity contribution >= 4 is 22.5 Å². The van der Waals surface area contributed by atoms with Crippen LogP contribution in [0.2, 0.25) is 0 Å². The second kappa shape index (κ2) is 8.53. The fourth-order valence-electron chi connectivity index (χ4n) is 3.31. The van der Waals surface area contributed by atoms with E-state index in [0.29, 0.717) is 22.2 Å². The Bertz CT molecular complexity index is 1330. The maximum Gasteiger partial charge on any atom is 0.425 e. The number of anilines is 1. The van der Waals surface area contributed by atoms with Gasteiger partial charge in [-0.2, -0.15) is 23.4 Å². The molecule has 1 atom stereocenters. The van der Waals surface area contributed by atoms with E-state index in [4.69, 9.17) is 4.74 Å². The van der Waals surface area contributed by atoms with Crippen molar-refractivity contribution in [1.29, 1.82) is 0 Å². The van der Waals surface area contributed by atoms with Gasteiger partial charge >= 0.3 is 6.18 Å². The molecule has 33 heavy (non-hydrogen) atoms. The highest BCUT2D eigenvalue weighted by Crippen LogP contribution is 2.32. The van der Waals surface area contributed by atoms with E-state index >= 15 is 0 Å². The van der Waals surface area contributed by atoms with Gasteiger partial charge in [0.1, 0.15) is 5.82 Å². The predicted molar refractivity (Wildman–Crippen MR) is 117 cm³/mol. The molecule has 2 aromatic carbocycles. The van der Waals surface area contributed by atoms with E-state index in [1.807, 2.05) is 13.0 Å². The summed E-state index contributed by atoms with van der Waals surface area (Å²) in [6.07, 6.45) is -3.49. The van der Waals surface area contributed by atoms with E-state index in [9.17, 15) is 18.0 Å². The van der Waals surface area contributed by atoms with Gasteiger partial charge in [-0.25, -0.2) is 0 Å². The van der Waals surface area contributed by atoms with E-state index in [0.717, 1.165) is 23.6 Å². The van der Waals surface area contributed by atoms with Crippen molar-refractivity contribution < 1.29 is 22.7 Å². The molecule has 0 unspecified atom stereocenters. The Balaban J connectivity index is 1.67. The fraction of sp³-hybridized carbons (Fsp3) is 0.217. The Labute approximate surface area is 187 Å². The summed E-state index contributed by atoms with van der Waals surface area (Å²) in [5.41, 5.74) is 2.96. The van der Waals surface area contributed by atoms with Crippen LogP contribution in [0.3, 0.4) is 0 Å². The minimum atomic E-state index is -4.52. The van der Waals surface area contributed by atoms with E-state index < -0.39 is 12.3 Å². The summed E-state index contributed by atoms with van der Waals surface area (Å²) in [5.74, 6) is 0.0836. The van der Waals surface area contributed by atoms with Crippen LogP contribution in [0.1, 0.15) is 22.8 Å². The lowest BCUT2D eigenvalue weighted by atomic mass is 9.96. The normalized spacial score (nSPS) is 12.5. The van der Waals surface area contributed by atoms with E-state index in [-0.39, 0.29) is 11.8 Å². The standard InChI is InChI=1S/C23H20F3N5O2/c1-13-4-5-16(21(32)29-20-8-9-28-31(20)3)11-19(13)15-6-7-18-17(10-15)12-27-30-22(18)33-14(2)23(24,25)26/h4-12,14H,1-3H3,(H,29,32)/t14-/m1/s1. The number of amides is 1. The number of alkyl halides is 3. The van der Waals surface area contributed by atoms with Gasteiger partial charge in [0.05, 0.1) is 12.4 Å². The summed E-state index contributed by atoms with van der Waals surface area (Å²) in [6, 6.07) is 12.2. The summed E-state index contributed by atoms with van der Waals surface area (Å²) >= 11 is 0. The average Bonchev–Trinajstić information content (AvgIpc) is 3.17. The zero-order valence-electron chi connectivity index (χ0n) is 18.0. The number of aromatic nitrogens is 4. The van der Waals surface area contributed by atoms with Crippen LogP contribution in [0.15, 0.2) is 54.9 Å². The van der Waals surface area contributed by atoms with Gasteiger partial charge in [-0.1, -0.05) is 12.1 Å². The van der Waals surface area contributed by atoms with Crippen LogP contribution < -0.4 is 10.1 Å². The van der Waals surface area contributed by atoms with Gasteiger partial charge in [0.15, 0.2) is 6.10 Å². The summed E-state index contributed by atoms with van der Waals surface area (Å²) in [5, 5.41) is 15.3. The SMILES string of the molecule is Cc1ccc(C(=O)Nc2ccnn2C)cc1-c1ccc2c(O[C@H](C)C(F)(F)F)nncc2c1. The monoisotopic (exact) mass is 455 g/mol. The Morgan fingerprint density at radius 3 is 2.64 bits per heavy atom. The number of ether oxygens (including phenoxy) is 1. The quantitative estimate of drug-likeness (QED) is 0.462. The molecule has 4 aromatic rings. The third-order valence-corrected chi connectivity index (χ3v) is 5.25. The molecule has 0 saturated heterocycles. The highest BCUT2D eigenvalue weighted by molar-refractivity contribution is 6.04. The second-order valence-electron chi connectivity index (χ2n) is 7.58. The summed E-state index contributed by atoms with van der Waals surface area (Å²) in [6.45, 7) is 2.83. The van der Waals surface area contributed by atoms with E-state index in [1.54, 1.807) is 54.3 Å². The molecule has 170 valence electrons. The smallest absolute Gasteiger partial charge is 0.425 e. The van der Waals surface area contributed by atoms with E-state index in [1.165, 1.54) is 6.20 Å². The Kier molecular flexibility index (Phi) is 5.75. The van der Waals surface area contributed by atoms with Crippen molar-refractivity contribution in [3.8, 4) is 17.0 Å². The number of rotatable bonds is 5. The maximum absolute atomic E-state index is 12.9. The van der Waals surface area contributed by atoms with E-state index in [2.05, 4.69) is 20.6 Å². The second-order valence-corrected chi connectivity index (χ2v) is 7.58. The molecule has 7 nitrogen and oxygen atoms in total. The lowest BCUT2D eigenvalue weighted by Crippen LogP contribution is -2.31. The molecular formula is C23H20F3N5O2. The first-order valence-electron chi connectivity index (χ1n) is 10.0. The lowest BCUT2D eigenvalue weighted by molar-refractivity contribution is -0.189. The summed E-state index contributed by atoms with van der Waals surface area (Å²) in [7, 11) is 1.72. The number of aryl methyl sites for hydroxylation is 2. The van der Waals surface area contributed by atoms with Gasteiger partial charge in [0, 0.05) is 29.4 Å². The van der Waals surface area contributed by atoms with Crippen LogP contribution in [0.5, 0.6) is 5.88 Å². The number of benzene rings is 2. The summed E-state index contributed by atoms with van der Waals surface area (Å²) < 4.78 is 45.3. The van der Waals surface area contributed by atoms with Crippen LogP contribution in [-0.4, -0.2) is 38.2 Å². The number of nitrogens with one attached hydrogen (secondary N) is 1. The minimum Gasteiger partial charge on any atom is -0.463 e. The molecule has 2 heterocycles. The molecule has 0 saturated carbocycles. The molecule has 2 aromatic heterocycles. The Morgan fingerprint density at radius 1 is 1.15 bits per heavy atom. The lowest BCUT2D eigenvalue weighted by Gasteiger charge is -2.17. The number of fused-ring (bicyclic) bond motifs is 1. The molecule has 10 heteroatoms. The van der Waals surface area contributed by atoms with Crippen molar-refractivity contribution in [1.82, 2.24) is 20.0 Å². The molecule has 0 fully saturated rings. The highest BCUT2D eigenvalue weighted by atomic mass is 19.4. The van der Waals surface area contributed by atoms with Crippen molar-refractivity contribution in [2.75, 3.05) is 5.32 Å². The molecule has 0 radical (unpaired) electrons. The highest BCUT2D eigenvalue weighted by Gasteiger charge is 2.38. The number of halogens is 3. The third kappa shape index (κ3) is 4.64. The number of nitrogens with zero attached hydrogens (tertiary/aromatic N) is 4. The minimum absolute atomic E-state index is 0.190.